The van der Waals surface area contributed by atoms with Gasteiger partial charge >= 0.3 is 5.97 Å². The molecule has 144 valence electrons. The Morgan fingerprint density at radius 3 is 2.39 bits per heavy atom. The molecule has 1 N–H and O–H groups in total. The van der Waals surface area contributed by atoms with Gasteiger partial charge in [0, 0.05) is 12.7 Å². The van der Waals surface area contributed by atoms with E-state index in [-0.39, 0.29) is 11.6 Å². The van der Waals surface area contributed by atoms with E-state index in [0.29, 0.717) is 12.2 Å². The number of rotatable bonds is 7. The van der Waals surface area contributed by atoms with E-state index in [4.69, 9.17) is 4.74 Å². The summed E-state index contributed by atoms with van der Waals surface area (Å²) in [7, 11) is 1.29. The van der Waals surface area contributed by atoms with Crippen molar-refractivity contribution in [3.05, 3.63) is 83.7 Å². The van der Waals surface area contributed by atoms with Crippen LogP contribution in [0.4, 0.5) is 5.69 Å². The zero-order valence-electron chi connectivity index (χ0n) is 15.3. The van der Waals surface area contributed by atoms with Crippen LogP contribution in [0.3, 0.4) is 0 Å². The van der Waals surface area contributed by atoms with Crippen LogP contribution >= 0.6 is 15.9 Å². The first-order valence-corrected chi connectivity index (χ1v) is 9.69. The van der Waals surface area contributed by atoms with Crippen molar-refractivity contribution in [2.45, 2.75) is 17.8 Å². The summed E-state index contributed by atoms with van der Waals surface area (Å²) < 4.78 is 6.44. The average Bonchev–Trinajstić information content (AvgIpc) is 3.15. The van der Waals surface area contributed by atoms with Crippen molar-refractivity contribution in [3.8, 4) is 0 Å². The summed E-state index contributed by atoms with van der Waals surface area (Å²) >= 11 is 3.40. The van der Waals surface area contributed by atoms with Crippen LogP contribution < -0.4 is 5.32 Å². The summed E-state index contributed by atoms with van der Waals surface area (Å²) in [5, 5.41) is 7.07. The number of aromatic nitrogens is 2. The van der Waals surface area contributed by atoms with E-state index < -0.39 is 10.8 Å². The van der Waals surface area contributed by atoms with Crippen LogP contribution in [-0.2, 0) is 22.5 Å². The highest BCUT2D eigenvalue weighted by Gasteiger charge is 2.23. The Hall–Kier alpha value is -2.93. The topological polar surface area (TPSA) is 73.2 Å². The van der Waals surface area contributed by atoms with Gasteiger partial charge in [-0.2, -0.15) is 5.10 Å². The third kappa shape index (κ3) is 4.86. The number of halogens is 1. The quantitative estimate of drug-likeness (QED) is 0.444. The third-order valence-electron chi connectivity index (χ3n) is 4.19. The Labute approximate surface area is 171 Å². The molecule has 0 aliphatic carbocycles. The molecule has 28 heavy (non-hydrogen) atoms. The Morgan fingerprint density at radius 1 is 1.11 bits per heavy atom. The summed E-state index contributed by atoms with van der Waals surface area (Å²) in [6.07, 6.45) is 2.40. The molecule has 1 heterocycles. The Balaban J connectivity index is 1.76. The van der Waals surface area contributed by atoms with E-state index in [2.05, 4.69) is 26.3 Å². The molecule has 3 rings (SSSR count). The highest BCUT2D eigenvalue weighted by Crippen LogP contribution is 2.25. The minimum Gasteiger partial charge on any atom is -0.464 e. The van der Waals surface area contributed by atoms with E-state index in [1.807, 2.05) is 60.7 Å². The number of ether oxygens (including phenoxy) is 1. The number of hydrogen-bond donors (Lipinski definition) is 1. The van der Waals surface area contributed by atoms with Crippen molar-refractivity contribution in [2.75, 3.05) is 12.4 Å². The van der Waals surface area contributed by atoms with Crippen LogP contribution in [0.1, 0.15) is 26.4 Å². The molecule has 0 saturated carbocycles. The number of esters is 1. The first-order valence-electron chi connectivity index (χ1n) is 8.78. The molecule has 1 atom stereocenters. The van der Waals surface area contributed by atoms with Gasteiger partial charge in [-0.3, -0.25) is 9.48 Å². The lowest BCUT2D eigenvalue weighted by Gasteiger charge is -2.10. The predicted molar refractivity (Wildman–Crippen MR) is 110 cm³/mol. The monoisotopic (exact) mass is 441 g/mol. The van der Waals surface area contributed by atoms with Crippen LogP contribution in [0.5, 0.6) is 0 Å². The van der Waals surface area contributed by atoms with Crippen LogP contribution in [0.15, 0.2) is 66.9 Å². The number of nitrogens with zero attached hydrogens (tertiary/aromatic N) is 2. The molecular formula is C21H20BrN3O3. The Morgan fingerprint density at radius 2 is 1.75 bits per heavy atom. The molecule has 6 nitrogen and oxygen atoms in total. The number of aryl methyl sites for hydroxylation is 2. The van der Waals surface area contributed by atoms with Gasteiger partial charge in [0.05, 0.1) is 12.8 Å². The van der Waals surface area contributed by atoms with Crippen LogP contribution in [0.25, 0.3) is 0 Å². The van der Waals surface area contributed by atoms with Crippen molar-refractivity contribution in [3.63, 3.8) is 0 Å². The van der Waals surface area contributed by atoms with Gasteiger partial charge in [0.15, 0.2) is 5.69 Å². The number of amides is 1. The highest BCUT2D eigenvalue weighted by molar-refractivity contribution is 9.09. The first kappa shape index (κ1) is 19.8. The predicted octanol–water partition coefficient (Wildman–Crippen LogP) is 3.99. The summed E-state index contributed by atoms with van der Waals surface area (Å²) in [6, 6.07) is 19.3. The molecule has 3 aromatic rings. The fraction of sp³-hybridized carbons (Fsp3) is 0.190. The minimum atomic E-state index is -0.598. The van der Waals surface area contributed by atoms with Crippen molar-refractivity contribution in [1.29, 1.82) is 0 Å². The maximum Gasteiger partial charge on any atom is 0.360 e. The normalized spacial score (nSPS) is 11.6. The van der Waals surface area contributed by atoms with E-state index in [0.717, 1.165) is 17.5 Å². The van der Waals surface area contributed by atoms with Crippen molar-refractivity contribution < 1.29 is 14.3 Å². The summed E-state index contributed by atoms with van der Waals surface area (Å²) in [5.41, 5.74) is 2.38. The summed E-state index contributed by atoms with van der Waals surface area (Å²) in [5.74, 6) is -0.890. The zero-order chi connectivity index (χ0) is 19.9. The molecule has 0 fully saturated rings. The standard InChI is InChI=1S/C21H20BrN3O3/c1-28-21(27)19-17(23-20(26)18(22)16-10-6-3-7-11-16)14-25(24-19)13-12-15-8-4-2-5-9-15/h2-11,14,18H,12-13H2,1H3,(H,23,26). The van der Waals surface area contributed by atoms with Gasteiger partial charge in [0.25, 0.3) is 0 Å². The van der Waals surface area contributed by atoms with Crippen LogP contribution in [-0.4, -0.2) is 28.8 Å². The van der Waals surface area contributed by atoms with Gasteiger partial charge < -0.3 is 10.1 Å². The van der Waals surface area contributed by atoms with Crippen molar-refractivity contribution in [2.24, 2.45) is 0 Å². The molecule has 7 heteroatoms. The number of carbonyl (C=O) groups is 2. The fourth-order valence-electron chi connectivity index (χ4n) is 2.73. The van der Waals surface area contributed by atoms with Gasteiger partial charge in [-0.05, 0) is 17.5 Å². The van der Waals surface area contributed by atoms with Crippen molar-refractivity contribution >= 4 is 33.5 Å². The number of nitrogens with one attached hydrogen (secondary N) is 1. The lowest BCUT2D eigenvalue weighted by atomic mass is 10.1. The van der Waals surface area contributed by atoms with Crippen LogP contribution in [0, 0.1) is 0 Å². The van der Waals surface area contributed by atoms with Crippen LogP contribution in [0.2, 0.25) is 0 Å². The first-order chi connectivity index (χ1) is 13.6. The number of anilines is 1. The fourth-order valence-corrected chi connectivity index (χ4v) is 3.15. The molecule has 0 saturated heterocycles. The highest BCUT2D eigenvalue weighted by atomic mass is 79.9. The SMILES string of the molecule is COC(=O)c1nn(CCc2ccccc2)cc1NC(=O)C(Br)c1ccccc1. The van der Waals surface area contributed by atoms with Gasteiger partial charge in [-0.25, -0.2) is 4.79 Å². The lowest BCUT2D eigenvalue weighted by Crippen LogP contribution is -2.18. The smallest absolute Gasteiger partial charge is 0.360 e. The van der Waals surface area contributed by atoms with E-state index in [1.54, 1.807) is 10.9 Å². The van der Waals surface area contributed by atoms with Gasteiger partial charge in [0.2, 0.25) is 5.91 Å². The largest absolute Gasteiger partial charge is 0.464 e. The zero-order valence-corrected chi connectivity index (χ0v) is 16.9. The molecule has 0 aliphatic rings. The maximum atomic E-state index is 12.6. The van der Waals surface area contributed by atoms with Gasteiger partial charge in [-0.15, -0.1) is 0 Å². The maximum absolute atomic E-state index is 12.6. The second-order valence-electron chi connectivity index (χ2n) is 6.14. The van der Waals surface area contributed by atoms with E-state index >= 15 is 0 Å². The van der Waals surface area contributed by atoms with E-state index in [1.165, 1.54) is 7.11 Å². The molecule has 2 aromatic carbocycles. The molecule has 1 amide bonds. The second kappa shape index (κ2) is 9.32. The van der Waals surface area contributed by atoms with Gasteiger partial charge in [0.1, 0.15) is 4.83 Å². The average molecular weight is 442 g/mol. The Kier molecular flexibility index (Phi) is 6.60. The molecule has 0 bridgehead atoms. The third-order valence-corrected chi connectivity index (χ3v) is 5.14. The van der Waals surface area contributed by atoms with E-state index in [9.17, 15) is 9.59 Å². The summed E-state index contributed by atoms with van der Waals surface area (Å²) in [4.78, 5) is 24.2. The Bertz CT molecular complexity index is 942. The molecular weight excluding hydrogens is 422 g/mol. The number of methoxy groups -OCH3 is 1. The molecule has 0 aliphatic heterocycles. The number of benzene rings is 2. The molecule has 0 radical (unpaired) electrons. The molecule has 1 aromatic heterocycles. The lowest BCUT2D eigenvalue weighted by molar-refractivity contribution is -0.115. The number of alkyl halides is 1. The summed E-state index contributed by atoms with van der Waals surface area (Å²) in [6.45, 7) is 0.570. The van der Waals surface area contributed by atoms with Crippen molar-refractivity contribution in [1.82, 2.24) is 9.78 Å². The number of hydrogen-bond acceptors (Lipinski definition) is 4. The number of carbonyl (C=O) groups excluding carboxylic acids is 2. The second-order valence-corrected chi connectivity index (χ2v) is 7.06. The minimum absolute atomic E-state index is 0.0803. The molecule has 1 unspecified atom stereocenters. The van der Waals surface area contributed by atoms with Gasteiger partial charge in [-0.1, -0.05) is 76.6 Å². The molecule has 0 spiro atoms.